The van der Waals surface area contributed by atoms with Crippen molar-refractivity contribution in [3.63, 3.8) is 0 Å². The van der Waals surface area contributed by atoms with Gasteiger partial charge in [0.1, 0.15) is 5.75 Å². The predicted octanol–water partition coefficient (Wildman–Crippen LogP) is 1.52. The van der Waals surface area contributed by atoms with Gasteiger partial charge in [-0.15, -0.1) is 0 Å². The van der Waals surface area contributed by atoms with Crippen LogP contribution in [0.3, 0.4) is 0 Å². The van der Waals surface area contributed by atoms with Crippen LogP contribution in [-0.4, -0.2) is 65.6 Å². The molecule has 1 aromatic rings. The minimum atomic E-state index is 0.681. The summed E-state index contributed by atoms with van der Waals surface area (Å²) < 4.78 is 21.5. The number of ether oxygens (including phenoxy) is 4. The fourth-order valence-electron chi connectivity index (χ4n) is 2.71. The molecule has 0 saturated carbocycles. The van der Waals surface area contributed by atoms with E-state index in [1.807, 2.05) is 12.1 Å². The highest BCUT2D eigenvalue weighted by Crippen LogP contribution is 2.34. The van der Waals surface area contributed by atoms with E-state index < -0.39 is 0 Å². The molecule has 1 fully saturated rings. The van der Waals surface area contributed by atoms with E-state index in [2.05, 4.69) is 10.2 Å². The Morgan fingerprint density at radius 1 is 1.00 bits per heavy atom. The van der Waals surface area contributed by atoms with Crippen molar-refractivity contribution in [1.82, 2.24) is 10.2 Å². The number of hydrogen-bond acceptors (Lipinski definition) is 6. The molecule has 6 heteroatoms. The normalized spacial score (nSPS) is 15.4. The van der Waals surface area contributed by atoms with Crippen LogP contribution in [0.25, 0.3) is 0 Å². The van der Waals surface area contributed by atoms with Crippen molar-refractivity contribution in [1.29, 1.82) is 0 Å². The number of hydrogen-bond donors (Lipinski definition) is 1. The first kappa shape index (κ1) is 17.8. The summed E-state index contributed by atoms with van der Waals surface area (Å²) in [6, 6.07) is 3.83. The largest absolute Gasteiger partial charge is 0.496 e. The van der Waals surface area contributed by atoms with Crippen molar-refractivity contribution < 1.29 is 18.9 Å². The van der Waals surface area contributed by atoms with Crippen molar-refractivity contribution in [3.8, 4) is 17.2 Å². The Hall–Kier alpha value is -1.50. The Labute approximate surface area is 138 Å². The lowest BCUT2D eigenvalue weighted by atomic mass is 10.1. The zero-order valence-corrected chi connectivity index (χ0v) is 14.4. The fraction of sp³-hybridized carbons (Fsp3) is 0.647. The predicted molar refractivity (Wildman–Crippen MR) is 89.7 cm³/mol. The van der Waals surface area contributed by atoms with Crippen LogP contribution in [0.2, 0.25) is 0 Å². The summed E-state index contributed by atoms with van der Waals surface area (Å²) in [4.78, 5) is 2.45. The summed E-state index contributed by atoms with van der Waals surface area (Å²) in [6.45, 7) is 6.63. The molecule has 130 valence electrons. The maximum Gasteiger partial charge on any atom is 0.164 e. The topological polar surface area (TPSA) is 52.2 Å². The lowest BCUT2D eigenvalue weighted by molar-refractivity contribution is 0.0374. The molecule has 1 aliphatic rings. The van der Waals surface area contributed by atoms with Gasteiger partial charge in [-0.2, -0.15) is 0 Å². The molecule has 1 heterocycles. The van der Waals surface area contributed by atoms with Crippen molar-refractivity contribution >= 4 is 0 Å². The van der Waals surface area contributed by atoms with E-state index in [0.29, 0.717) is 5.75 Å². The van der Waals surface area contributed by atoms with E-state index >= 15 is 0 Å². The molecule has 1 aromatic carbocycles. The Morgan fingerprint density at radius 3 is 2.30 bits per heavy atom. The second-order valence-corrected chi connectivity index (χ2v) is 5.50. The van der Waals surface area contributed by atoms with E-state index in [4.69, 9.17) is 18.9 Å². The van der Waals surface area contributed by atoms with Gasteiger partial charge in [0, 0.05) is 31.3 Å². The van der Waals surface area contributed by atoms with Gasteiger partial charge in [0.15, 0.2) is 11.5 Å². The van der Waals surface area contributed by atoms with Gasteiger partial charge >= 0.3 is 0 Å². The molecular weight excluding hydrogens is 296 g/mol. The molecule has 0 amide bonds. The van der Waals surface area contributed by atoms with Crippen LogP contribution < -0.4 is 19.5 Å². The molecule has 0 aromatic heterocycles. The molecule has 6 nitrogen and oxygen atoms in total. The summed E-state index contributed by atoms with van der Waals surface area (Å²) in [5.41, 5.74) is 1.07. The molecule has 1 saturated heterocycles. The van der Waals surface area contributed by atoms with Crippen LogP contribution in [-0.2, 0) is 11.3 Å². The third-order valence-electron chi connectivity index (χ3n) is 4.03. The SMILES string of the molecule is COc1cc(OC)c(OC)cc1CNCCCN1CCOCC1. The molecule has 2 rings (SSSR count). The molecule has 0 aliphatic carbocycles. The maximum atomic E-state index is 5.44. The van der Waals surface area contributed by atoms with E-state index in [9.17, 15) is 0 Å². The average molecular weight is 324 g/mol. The first-order chi connectivity index (χ1) is 11.3. The van der Waals surface area contributed by atoms with Crippen LogP contribution in [0, 0.1) is 0 Å². The average Bonchev–Trinajstić information content (AvgIpc) is 2.61. The van der Waals surface area contributed by atoms with Gasteiger partial charge < -0.3 is 24.3 Å². The molecule has 1 aliphatic heterocycles. The van der Waals surface area contributed by atoms with E-state index in [1.54, 1.807) is 21.3 Å². The Bertz CT molecular complexity index is 476. The van der Waals surface area contributed by atoms with Crippen LogP contribution in [0.1, 0.15) is 12.0 Å². The highest BCUT2D eigenvalue weighted by atomic mass is 16.5. The molecular formula is C17H28N2O4. The quantitative estimate of drug-likeness (QED) is 0.695. The monoisotopic (exact) mass is 324 g/mol. The molecule has 1 N–H and O–H groups in total. The first-order valence-corrected chi connectivity index (χ1v) is 8.08. The number of nitrogens with one attached hydrogen (secondary N) is 1. The molecule has 23 heavy (non-hydrogen) atoms. The number of morpholine rings is 1. The highest BCUT2D eigenvalue weighted by Gasteiger charge is 2.12. The minimum Gasteiger partial charge on any atom is -0.496 e. The number of rotatable bonds is 9. The highest BCUT2D eigenvalue weighted by molar-refractivity contribution is 5.50. The smallest absolute Gasteiger partial charge is 0.164 e. The van der Waals surface area contributed by atoms with E-state index in [1.165, 1.54) is 0 Å². The van der Waals surface area contributed by atoms with Crippen LogP contribution in [0.4, 0.5) is 0 Å². The van der Waals surface area contributed by atoms with E-state index in [0.717, 1.165) is 69.4 Å². The minimum absolute atomic E-state index is 0.681. The van der Waals surface area contributed by atoms with Crippen LogP contribution >= 0.6 is 0 Å². The van der Waals surface area contributed by atoms with Crippen molar-refractivity contribution in [2.45, 2.75) is 13.0 Å². The second-order valence-electron chi connectivity index (χ2n) is 5.50. The van der Waals surface area contributed by atoms with Gasteiger partial charge in [0.05, 0.1) is 34.5 Å². The fourth-order valence-corrected chi connectivity index (χ4v) is 2.71. The number of benzene rings is 1. The van der Waals surface area contributed by atoms with Crippen molar-refractivity contribution in [3.05, 3.63) is 17.7 Å². The van der Waals surface area contributed by atoms with Gasteiger partial charge in [0.25, 0.3) is 0 Å². The maximum absolute atomic E-state index is 5.44. The lowest BCUT2D eigenvalue weighted by Crippen LogP contribution is -2.37. The molecule has 0 atom stereocenters. The molecule has 0 bridgehead atoms. The van der Waals surface area contributed by atoms with Crippen LogP contribution in [0.15, 0.2) is 12.1 Å². The van der Waals surface area contributed by atoms with Gasteiger partial charge in [-0.25, -0.2) is 0 Å². The third kappa shape index (κ3) is 5.27. The van der Waals surface area contributed by atoms with Gasteiger partial charge in [0.2, 0.25) is 0 Å². The van der Waals surface area contributed by atoms with Gasteiger partial charge in [-0.1, -0.05) is 0 Å². The van der Waals surface area contributed by atoms with Crippen LogP contribution in [0.5, 0.6) is 17.2 Å². The Morgan fingerprint density at radius 2 is 1.65 bits per heavy atom. The third-order valence-corrected chi connectivity index (χ3v) is 4.03. The number of methoxy groups -OCH3 is 3. The molecule has 0 spiro atoms. The Kier molecular flexibility index (Phi) is 7.45. The second kappa shape index (κ2) is 9.60. The molecule has 0 unspecified atom stereocenters. The summed E-state index contributed by atoms with van der Waals surface area (Å²) in [6.07, 6.45) is 1.12. The number of nitrogens with zero attached hydrogens (tertiary/aromatic N) is 1. The van der Waals surface area contributed by atoms with Crippen molar-refractivity contribution in [2.75, 3.05) is 60.7 Å². The zero-order chi connectivity index (χ0) is 16.5. The summed E-state index contributed by atoms with van der Waals surface area (Å²) in [5.74, 6) is 2.21. The Balaban J connectivity index is 1.79. The summed E-state index contributed by atoms with van der Waals surface area (Å²) in [7, 11) is 4.94. The van der Waals surface area contributed by atoms with E-state index in [-0.39, 0.29) is 0 Å². The standard InChI is InChI=1S/C17H28N2O4/c1-20-15-12-17(22-3)16(21-2)11-14(15)13-18-5-4-6-19-7-9-23-10-8-19/h11-12,18H,4-10,13H2,1-3H3. The van der Waals surface area contributed by atoms with Gasteiger partial charge in [-0.3, -0.25) is 4.90 Å². The lowest BCUT2D eigenvalue weighted by Gasteiger charge is -2.26. The molecule has 0 radical (unpaired) electrons. The first-order valence-electron chi connectivity index (χ1n) is 8.08. The van der Waals surface area contributed by atoms with Gasteiger partial charge in [-0.05, 0) is 25.6 Å². The zero-order valence-electron chi connectivity index (χ0n) is 14.4. The van der Waals surface area contributed by atoms with Crippen molar-refractivity contribution in [2.24, 2.45) is 0 Å². The summed E-state index contributed by atoms with van der Waals surface area (Å²) >= 11 is 0. The summed E-state index contributed by atoms with van der Waals surface area (Å²) in [5, 5.41) is 3.47.